The van der Waals surface area contributed by atoms with Crippen LogP contribution in [0.2, 0.25) is 0 Å². The maximum atomic E-state index is 11.1. The third-order valence-electron chi connectivity index (χ3n) is 2.00. The predicted molar refractivity (Wildman–Crippen MR) is 50.8 cm³/mol. The molecule has 14 heavy (non-hydrogen) atoms. The first kappa shape index (κ1) is 9.21. The lowest BCUT2D eigenvalue weighted by atomic mass is 10.0. The molecule has 2 heterocycles. The first-order valence-corrected chi connectivity index (χ1v) is 5.07. The molecule has 2 rings (SSSR count). The van der Waals surface area contributed by atoms with E-state index in [0.717, 1.165) is 4.88 Å². The molecule has 2 unspecified atom stereocenters. The van der Waals surface area contributed by atoms with Gasteiger partial charge in [-0.25, -0.2) is 0 Å². The van der Waals surface area contributed by atoms with Gasteiger partial charge in [-0.15, -0.1) is 11.3 Å². The molecule has 0 spiro atoms. The molecule has 0 aliphatic carbocycles. The summed E-state index contributed by atoms with van der Waals surface area (Å²) in [4.78, 5) is 22.8. The Morgan fingerprint density at radius 1 is 1.64 bits per heavy atom. The zero-order chi connectivity index (χ0) is 10.1. The van der Waals surface area contributed by atoms with E-state index < -0.39 is 12.1 Å². The Kier molecular flexibility index (Phi) is 2.25. The highest BCUT2D eigenvalue weighted by molar-refractivity contribution is 7.10. The van der Waals surface area contributed by atoms with E-state index in [1.807, 2.05) is 17.5 Å². The van der Waals surface area contributed by atoms with E-state index in [1.165, 1.54) is 18.3 Å². The topological polar surface area (TPSA) is 55.4 Å². The summed E-state index contributed by atoms with van der Waals surface area (Å²) in [7, 11) is 0. The average molecular weight is 211 g/mol. The van der Waals surface area contributed by atoms with Crippen LogP contribution in [0.25, 0.3) is 0 Å². The number of amides is 1. The number of hydrogen-bond donors (Lipinski definition) is 1. The van der Waals surface area contributed by atoms with Gasteiger partial charge in [0, 0.05) is 11.8 Å². The molecule has 1 N–H and O–H groups in total. The van der Waals surface area contributed by atoms with Crippen molar-refractivity contribution in [3.63, 3.8) is 0 Å². The van der Waals surface area contributed by atoms with Crippen LogP contribution < -0.4 is 5.32 Å². The summed E-state index contributed by atoms with van der Waals surface area (Å²) >= 11 is 1.53. The lowest BCUT2D eigenvalue weighted by Crippen LogP contribution is -2.57. The summed E-state index contributed by atoms with van der Waals surface area (Å²) in [5, 5.41) is 4.62. The summed E-state index contributed by atoms with van der Waals surface area (Å²) in [5.41, 5.74) is 0. The van der Waals surface area contributed by atoms with Gasteiger partial charge < -0.3 is 10.1 Å². The molecule has 4 nitrogen and oxygen atoms in total. The highest BCUT2D eigenvalue weighted by Gasteiger charge is 2.43. The quantitative estimate of drug-likeness (QED) is 0.583. The van der Waals surface area contributed by atoms with Crippen LogP contribution in [0, 0.1) is 0 Å². The lowest BCUT2D eigenvalue weighted by molar-refractivity contribution is -0.164. The van der Waals surface area contributed by atoms with E-state index in [9.17, 15) is 9.59 Å². The monoisotopic (exact) mass is 211 g/mol. The average Bonchev–Trinajstić information content (AvgIpc) is 2.62. The van der Waals surface area contributed by atoms with E-state index in [0.29, 0.717) is 0 Å². The van der Waals surface area contributed by atoms with E-state index in [2.05, 4.69) is 5.32 Å². The molecular formula is C9H9NO3S. The summed E-state index contributed by atoms with van der Waals surface area (Å²) in [6, 6.07) is 3.65. The number of nitrogens with one attached hydrogen (secondary N) is 1. The molecule has 0 bridgehead atoms. The normalized spacial score (nSPS) is 25.1. The van der Waals surface area contributed by atoms with E-state index in [-0.39, 0.29) is 11.9 Å². The van der Waals surface area contributed by atoms with E-state index in [1.54, 1.807) is 0 Å². The molecule has 1 aliphatic heterocycles. The summed E-state index contributed by atoms with van der Waals surface area (Å²) in [6.07, 6.45) is -0.647. The van der Waals surface area contributed by atoms with Crippen LogP contribution in [-0.2, 0) is 14.3 Å². The number of thiophene rings is 1. The van der Waals surface area contributed by atoms with Crippen molar-refractivity contribution in [2.75, 3.05) is 0 Å². The summed E-state index contributed by atoms with van der Waals surface area (Å²) in [5.74, 6) is -0.648. The number of ether oxygens (including phenoxy) is 1. The Bertz CT molecular complexity index is 360. The highest BCUT2D eigenvalue weighted by atomic mass is 32.1. The lowest BCUT2D eigenvalue weighted by Gasteiger charge is -2.34. The van der Waals surface area contributed by atoms with Crippen LogP contribution in [0.3, 0.4) is 0 Å². The molecule has 1 aliphatic rings. The van der Waals surface area contributed by atoms with Gasteiger partial charge in [-0.2, -0.15) is 0 Å². The Balaban J connectivity index is 2.08. The minimum Gasteiger partial charge on any atom is -0.450 e. The number of hydrogen-bond acceptors (Lipinski definition) is 4. The van der Waals surface area contributed by atoms with Gasteiger partial charge in [0.2, 0.25) is 6.10 Å². The molecule has 2 atom stereocenters. The molecule has 74 valence electrons. The Morgan fingerprint density at radius 2 is 2.43 bits per heavy atom. The van der Waals surface area contributed by atoms with Crippen molar-refractivity contribution in [3.8, 4) is 0 Å². The fraction of sp³-hybridized carbons (Fsp3) is 0.333. The van der Waals surface area contributed by atoms with Crippen LogP contribution in [0.15, 0.2) is 17.5 Å². The zero-order valence-electron chi connectivity index (χ0n) is 7.52. The minimum absolute atomic E-state index is 0.161. The van der Waals surface area contributed by atoms with Crippen LogP contribution in [0.4, 0.5) is 0 Å². The Labute approximate surface area is 84.9 Å². The van der Waals surface area contributed by atoms with Crippen LogP contribution in [0.5, 0.6) is 0 Å². The first-order valence-electron chi connectivity index (χ1n) is 4.19. The molecule has 0 aromatic carbocycles. The number of rotatable bonds is 2. The largest absolute Gasteiger partial charge is 0.450 e. The van der Waals surface area contributed by atoms with Crippen molar-refractivity contribution in [1.82, 2.24) is 5.32 Å². The second kappa shape index (κ2) is 3.42. The maximum Gasteiger partial charge on any atom is 0.303 e. The molecule has 1 amide bonds. The minimum atomic E-state index is -0.647. The molecule has 5 heteroatoms. The van der Waals surface area contributed by atoms with Gasteiger partial charge in [0.15, 0.2) is 0 Å². The molecule has 1 fully saturated rings. The van der Waals surface area contributed by atoms with Gasteiger partial charge in [0.25, 0.3) is 5.91 Å². The van der Waals surface area contributed by atoms with Gasteiger partial charge in [0.05, 0.1) is 0 Å². The smallest absolute Gasteiger partial charge is 0.303 e. The van der Waals surface area contributed by atoms with Gasteiger partial charge >= 0.3 is 5.97 Å². The third kappa shape index (κ3) is 1.50. The third-order valence-corrected chi connectivity index (χ3v) is 2.96. The molecule has 1 saturated heterocycles. The predicted octanol–water partition coefficient (Wildman–Crippen LogP) is 0.851. The van der Waals surface area contributed by atoms with Crippen LogP contribution in [-0.4, -0.2) is 18.0 Å². The highest BCUT2D eigenvalue weighted by Crippen LogP contribution is 2.30. The Hall–Kier alpha value is -1.36. The van der Waals surface area contributed by atoms with Crippen molar-refractivity contribution < 1.29 is 14.3 Å². The van der Waals surface area contributed by atoms with Crippen LogP contribution >= 0.6 is 11.3 Å². The van der Waals surface area contributed by atoms with Gasteiger partial charge in [-0.05, 0) is 11.4 Å². The summed E-state index contributed by atoms with van der Waals surface area (Å²) in [6.45, 7) is 1.30. The number of esters is 1. The van der Waals surface area contributed by atoms with Gasteiger partial charge in [-0.3, -0.25) is 9.59 Å². The second-order valence-electron chi connectivity index (χ2n) is 3.03. The standard InChI is InChI=1S/C9H9NO3S/c1-5(11)13-8-7(10-9(8)12)6-3-2-4-14-6/h2-4,7-8H,1H3,(H,10,12). The molecule has 1 aromatic heterocycles. The number of carbonyl (C=O) groups excluding carboxylic acids is 2. The second-order valence-corrected chi connectivity index (χ2v) is 4.01. The first-order chi connectivity index (χ1) is 6.68. The number of carbonyl (C=O) groups is 2. The molecule has 0 saturated carbocycles. The summed E-state index contributed by atoms with van der Waals surface area (Å²) < 4.78 is 4.89. The SMILES string of the molecule is CC(=O)OC1C(=O)NC1c1cccs1. The van der Waals surface area contributed by atoms with Crippen molar-refractivity contribution in [1.29, 1.82) is 0 Å². The molecule has 1 aromatic rings. The van der Waals surface area contributed by atoms with E-state index >= 15 is 0 Å². The number of β-lactam (4-membered cyclic amide) rings is 1. The van der Waals surface area contributed by atoms with Crippen molar-refractivity contribution in [2.24, 2.45) is 0 Å². The molecular weight excluding hydrogens is 202 g/mol. The maximum absolute atomic E-state index is 11.1. The van der Waals surface area contributed by atoms with Gasteiger partial charge in [0.1, 0.15) is 6.04 Å². The molecule has 0 radical (unpaired) electrons. The van der Waals surface area contributed by atoms with Crippen molar-refractivity contribution in [2.45, 2.75) is 19.1 Å². The van der Waals surface area contributed by atoms with Crippen molar-refractivity contribution in [3.05, 3.63) is 22.4 Å². The van der Waals surface area contributed by atoms with Gasteiger partial charge in [-0.1, -0.05) is 6.07 Å². The van der Waals surface area contributed by atoms with Crippen LogP contribution in [0.1, 0.15) is 17.8 Å². The van der Waals surface area contributed by atoms with Crippen molar-refractivity contribution >= 4 is 23.2 Å². The van der Waals surface area contributed by atoms with E-state index in [4.69, 9.17) is 4.74 Å². The fourth-order valence-corrected chi connectivity index (χ4v) is 2.16. The zero-order valence-corrected chi connectivity index (χ0v) is 8.34. The fourth-order valence-electron chi connectivity index (χ4n) is 1.36. The Morgan fingerprint density at radius 3 is 2.93 bits per heavy atom.